The van der Waals surface area contributed by atoms with Crippen LogP contribution in [-0.2, 0) is 0 Å². The van der Waals surface area contributed by atoms with Gasteiger partial charge in [-0.3, -0.25) is 9.99 Å². The Hall–Kier alpha value is -2.94. The van der Waals surface area contributed by atoms with Gasteiger partial charge in [-0.15, -0.1) is 0 Å². The summed E-state index contributed by atoms with van der Waals surface area (Å²) in [5.74, 6) is 0. The van der Waals surface area contributed by atoms with Gasteiger partial charge in [0.25, 0.3) is 0 Å². The first kappa shape index (κ1) is 14.6. The van der Waals surface area contributed by atoms with Crippen molar-refractivity contribution in [1.29, 1.82) is 0 Å². The summed E-state index contributed by atoms with van der Waals surface area (Å²) in [7, 11) is 0. The third kappa shape index (κ3) is 2.93. The summed E-state index contributed by atoms with van der Waals surface area (Å²) in [5.41, 5.74) is 4.49. The van der Waals surface area contributed by atoms with Gasteiger partial charge in [0.2, 0.25) is 0 Å². The number of benzene rings is 2. The quantitative estimate of drug-likeness (QED) is 0.693. The number of hydrogen-bond donors (Lipinski definition) is 0. The van der Waals surface area contributed by atoms with Gasteiger partial charge in [0.15, 0.2) is 0 Å². The summed E-state index contributed by atoms with van der Waals surface area (Å²) >= 11 is 0. The minimum Gasteiger partial charge on any atom is -0.259 e. The van der Waals surface area contributed by atoms with Crippen LogP contribution in [0.15, 0.2) is 90.2 Å². The lowest BCUT2D eigenvalue weighted by molar-refractivity contribution is 0.564. The molecule has 2 heterocycles. The maximum Gasteiger partial charge on any atom is 0.0949 e. The number of anilines is 1. The second-order valence-electron chi connectivity index (χ2n) is 5.90. The largest absolute Gasteiger partial charge is 0.259 e. The van der Waals surface area contributed by atoms with E-state index in [-0.39, 0.29) is 6.04 Å². The van der Waals surface area contributed by atoms with Crippen molar-refractivity contribution in [3.05, 3.63) is 96.3 Å². The molecule has 0 aliphatic carbocycles. The Labute approximate surface area is 142 Å². The Morgan fingerprint density at radius 1 is 0.792 bits per heavy atom. The summed E-state index contributed by atoms with van der Waals surface area (Å²) in [5, 5.41) is 7.11. The van der Waals surface area contributed by atoms with E-state index in [2.05, 4.69) is 64.6 Å². The Morgan fingerprint density at radius 2 is 1.50 bits per heavy atom. The van der Waals surface area contributed by atoms with E-state index in [0.29, 0.717) is 0 Å². The Kier molecular flexibility index (Phi) is 4.07. The van der Waals surface area contributed by atoms with Crippen LogP contribution in [0.25, 0.3) is 0 Å². The molecule has 24 heavy (non-hydrogen) atoms. The van der Waals surface area contributed by atoms with Crippen LogP contribution < -0.4 is 5.01 Å². The molecule has 1 aliphatic heterocycles. The highest BCUT2D eigenvalue weighted by molar-refractivity contribution is 6.01. The first-order valence-electron chi connectivity index (χ1n) is 8.30. The second-order valence-corrected chi connectivity index (χ2v) is 5.90. The molecule has 118 valence electrons. The van der Waals surface area contributed by atoms with E-state index in [0.717, 1.165) is 29.9 Å². The number of nitrogens with zero attached hydrogens (tertiary/aromatic N) is 3. The minimum absolute atomic E-state index is 0.168. The average molecular weight is 313 g/mol. The fraction of sp³-hybridized carbons (Fsp3) is 0.143. The molecule has 0 bridgehead atoms. The zero-order valence-electron chi connectivity index (χ0n) is 13.4. The standard InChI is InChI=1S/C21H19N3/c1-3-9-17(10-4-1)19-14-15-21(20-13-7-8-16-22-20)24(23-19)18-11-5-2-6-12-18/h1-13,16,21H,14-15H2. The predicted octanol–water partition coefficient (Wildman–Crippen LogP) is 4.83. The van der Waals surface area contributed by atoms with Crippen LogP contribution >= 0.6 is 0 Å². The van der Waals surface area contributed by atoms with Crippen LogP contribution in [0.5, 0.6) is 0 Å². The number of rotatable bonds is 3. The van der Waals surface area contributed by atoms with E-state index in [1.165, 1.54) is 5.56 Å². The monoisotopic (exact) mass is 313 g/mol. The number of para-hydroxylation sites is 1. The van der Waals surface area contributed by atoms with Crippen molar-refractivity contribution in [3.8, 4) is 0 Å². The average Bonchev–Trinajstić information content (AvgIpc) is 2.69. The summed E-state index contributed by atoms with van der Waals surface area (Å²) in [4.78, 5) is 4.57. The van der Waals surface area contributed by atoms with Gasteiger partial charge >= 0.3 is 0 Å². The van der Waals surface area contributed by atoms with Gasteiger partial charge in [-0.2, -0.15) is 5.10 Å². The van der Waals surface area contributed by atoms with Gasteiger partial charge in [-0.1, -0.05) is 54.6 Å². The highest BCUT2D eigenvalue weighted by Crippen LogP contribution is 2.34. The van der Waals surface area contributed by atoms with Crippen LogP contribution in [0, 0.1) is 0 Å². The van der Waals surface area contributed by atoms with Crippen LogP contribution in [0.2, 0.25) is 0 Å². The van der Waals surface area contributed by atoms with Crippen LogP contribution in [0.4, 0.5) is 5.69 Å². The molecule has 3 aromatic rings. The number of pyridine rings is 1. The third-order valence-corrected chi connectivity index (χ3v) is 4.34. The topological polar surface area (TPSA) is 28.5 Å². The maximum atomic E-state index is 4.99. The van der Waals surface area contributed by atoms with Crippen LogP contribution in [0.3, 0.4) is 0 Å². The zero-order chi connectivity index (χ0) is 16.2. The lowest BCUT2D eigenvalue weighted by Gasteiger charge is -2.33. The summed E-state index contributed by atoms with van der Waals surface area (Å²) in [6, 6.07) is 27.0. The SMILES string of the molecule is c1ccc(C2=NN(c3ccccc3)C(c3ccccn3)CC2)cc1. The summed E-state index contributed by atoms with van der Waals surface area (Å²) in [6.07, 6.45) is 3.81. The maximum absolute atomic E-state index is 4.99. The molecule has 0 spiro atoms. The summed E-state index contributed by atoms with van der Waals surface area (Å²) in [6.45, 7) is 0. The van der Waals surface area contributed by atoms with E-state index in [1.54, 1.807) is 0 Å². The molecule has 3 nitrogen and oxygen atoms in total. The molecule has 0 saturated heterocycles. The lowest BCUT2D eigenvalue weighted by Crippen LogP contribution is -2.30. The van der Waals surface area contributed by atoms with Crippen molar-refractivity contribution >= 4 is 11.4 Å². The van der Waals surface area contributed by atoms with Crippen LogP contribution in [-0.4, -0.2) is 10.7 Å². The number of aromatic nitrogens is 1. The van der Waals surface area contributed by atoms with Crippen molar-refractivity contribution in [3.63, 3.8) is 0 Å². The highest BCUT2D eigenvalue weighted by Gasteiger charge is 2.27. The van der Waals surface area contributed by atoms with Crippen molar-refractivity contribution in [2.24, 2.45) is 5.10 Å². The van der Waals surface area contributed by atoms with Gasteiger partial charge in [0.1, 0.15) is 0 Å². The third-order valence-electron chi connectivity index (χ3n) is 4.34. The molecule has 3 heteroatoms. The van der Waals surface area contributed by atoms with Gasteiger partial charge in [0, 0.05) is 6.20 Å². The molecule has 0 radical (unpaired) electrons. The van der Waals surface area contributed by atoms with E-state index >= 15 is 0 Å². The molecule has 4 rings (SSSR count). The van der Waals surface area contributed by atoms with Gasteiger partial charge in [0.05, 0.1) is 23.1 Å². The smallest absolute Gasteiger partial charge is 0.0949 e. The molecular formula is C21H19N3. The molecule has 0 fully saturated rings. The normalized spacial score (nSPS) is 17.4. The van der Waals surface area contributed by atoms with E-state index in [4.69, 9.17) is 5.10 Å². The highest BCUT2D eigenvalue weighted by atomic mass is 15.5. The molecule has 0 N–H and O–H groups in total. The van der Waals surface area contributed by atoms with Crippen molar-refractivity contribution in [2.45, 2.75) is 18.9 Å². The Balaban J connectivity index is 1.76. The molecule has 0 amide bonds. The number of hydrogen-bond acceptors (Lipinski definition) is 3. The van der Waals surface area contributed by atoms with Crippen molar-refractivity contribution in [1.82, 2.24) is 4.98 Å². The fourth-order valence-electron chi connectivity index (χ4n) is 3.14. The molecule has 0 saturated carbocycles. The van der Waals surface area contributed by atoms with Crippen molar-refractivity contribution in [2.75, 3.05) is 5.01 Å². The Bertz CT molecular complexity index is 813. The predicted molar refractivity (Wildman–Crippen MR) is 98.1 cm³/mol. The molecule has 1 atom stereocenters. The molecule has 2 aromatic carbocycles. The molecule has 1 unspecified atom stereocenters. The first-order chi connectivity index (χ1) is 11.9. The number of hydrazone groups is 1. The van der Waals surface area contributed by atoms with Gasteiger partial charge in [-0.25, -0.2) is 0 Å². The first-order valence-corrected chi connectivity index (χ1v) is 8.30. The van der Waals surface area contributed by atoms with E-state index in [1.807, 2.05) is 30.5 Å². The van der Waals surface area contributed by atoms with E-state index in [9.17, 15) is 0 Å². The van der Waals surface area contributed by atoms with Crippen molar-refractivity contribution < 1.29 is 0 Å². The molecule has 1 aliphatic rings. The molecule has 1 aromatic heterocycles. The second kappa shape index (κ2) is 6.67. The lowest BCUT2D eigenvalue weighted by atomic mass is 9.98. The summed E-state index contributed by atoms with van der Waals surface area (Å²) < 4.78 is 0. The minimum atomic E-state index is 0.168. The fourth-order valence-corrected chi connectivity index (χ4v) is 3.14. The van der Waals surface area contributed by atoms with Gasteiger partial charge in [-0.05, 0) is 42.7 Å². The Morgan fingerprint density at radius 3 is 2.21 bits per heavy atom. The van der Waals surface area contributed by atoms with Gasteiger partial charge < -0.3 is 0 Å². The molecular weight excluding hydrogens is 294 g/mol. The van der Waals surface area contributed by atoms with E-state index < -0.39 is 0 Å². The van der Waals surface area contributed by atoms with Crippen LogP contribution in [0.1, 0.15) is 30.1 Å². The zero-order valence-corrected chi connectivity index (χ0v) is 13.4.